The molecule has 1 aromatic rings. The molecule has 0 bridgehead atoms. The standard InChI is InChI=1S/C12H17BrO2S/c1-14-7-2-9-16-10-8-15-12-5-3-11(13)4-6-12/h3-6H,2,7-10H2,1H3. The Bertz CT molecular complexity index is 277. The third kappa shape index (κ3) is 6.40. The van der Waals surface area contributed by atoms with E-state index in [0.717, 1.165) is 41.4 Å². The van der Waals surface area contributed by atoms with Crippen molar-refractivity contribution in [1.29, 1.82) is 0 Å². The first kappa shape index (κ1) is 13.9. The van der Waals surface area contributed by atoms with Crippen molar-refractivity contribution < 1.29 is 9.47 Å². The van der Waals surface area contributed by atoms with Crippen LogP contribution in [0.1, 0.15) is 6.42 Å². The molecule has 0 aliphatic carbocycles. The summed E-state index contributed by atoms with van der Waals surface area (Å²) in [4.78, 5) is 0. The smallest absolute Gasteiger partial charge is 0.119 e. The van der Waals surface area contributed by atoms with Crippen molar-refractivity contribution >= 4 is 27.7 Å². The molecule has 0 N–H and O–H groups in total. The highest BCUT2D eigenvalue weighted by molar-refractivity contribution is 9.10. The van der Waals surface area contributed by atoms with Crippen LogP contribution < -0.4 is 4.74 Å². The van der Waals surface area contributed by atoms with Gasteiger partial charge in [-0.15, -0.1) is 0 Å². The number of methoxy groups -OCH3 is 1. The summed E-state index contributed by atoms with van der Waals surface area (Å²) < 4.78 is 11.7. The van der Waals surface area contributed by atoms with Crippen molar-refractivity contribution in [1.82, 2.24) is 0 Å². The lowest BCUT2D eigenvalue weighted by Crippen LogP contribution is -2.01. The molecule has 2 nitrogen and oxygen atoms in total. The van der Waals surface area contributed by atoms with Crippen LogP contribution in [0.25, 0.3) is 0 Å². The quantitative estimate of drug-likeness (QED) is 0.684. The van der Waals surface area contributed by atoms with E-state index in [0.29, 0.717) is 0 Å². The molecule has 4 heteroatoms. The van der Waals surface area contributed by atoms with Crippen molar-refractivity contribution in [2.75, 3.05) is 31.8 Å². The molecular formula is C12H17BrO2S. The van der Waals surface area contributed by atoms with Gasteiger partial charge in [-0.2, -0.15) is 11.8 Å². The molecule has 0 aliphatic heterocycles. The van der Waals surface area contributed by atoms with Gasteiger partial charge in [-0.3, -0.25) is 0 Å². The summed E-state index contributed by atoms with van der Waals surface area (Å²) in [7, 11) is 1.74. The Morgan fingerprint density at radius 2 is 1.88 bits per heavy atom. The van der Waals surface area contributed by atoms with Crippen LogP contribution in [-0.2, 0) is 4.74 Å². The van der Waals surface area contributed by atoms with Gasteiger partial charge in [0.1, 0.15) is 5.75 Å². The van der Waals surface area contributed by atoms with Crippen LogP contribution in [0.3, 0.4) is 0 Å². The van der Waals surface area contributed by atoms with E-state index in [-0.39, 0.29) is 0 Å². The molecule has 1 rings (SSSR count). The van der Waals surface area contributed by atoms with E-state index in [2.05, 4.69) is 15.9 Å². The van der Waals surface area contributed by atoms with Gasteiger partial charge < -0.3 is 9.47 Å². The maximum absolute atomic E-state index is 5.59. The lowest BCUT2D eigenvalue weighted by atomic mass is 10.3. The number of hydrogen-bond acceptors (Lipinski definition) is 3. The van der Waals surface area contributed by atoms with E-state index in [4.69, 9.17) is 9.47 Å². The third-order valence-corrected chi connectivity index (χ3v) is 3.51. The van der Waals surface area contributed by atoms with Gasteiger partial charge in [-0.05, 0) is 36.4 Å². The van der Waals surface area contributed by atoms with E-state index in [9.17, 15) is 0 Å². The molecule has 0 saturated heterocycles. The van der Waals surface area contributed by atoms with Gasteiger partial charge in [0, 0.05) is 23.9 Å². The molecule has 0 heterocycles. The van der Waals surface area contributed by atoms with E-state index in [1.165, 1.54) is 0 Å². The molecular weight excluding hydrogens is 288 g/mol. The summed E-state index contributed by atoms with van der Waals surface area (Å²) in [5.74, 6) is 3.10. The largest absolute Gasteiger partial charge is 0.493 e. The van der Waals surface area contributed by atoms with Crippen molar-refractivity contribution in [2.45, 2.75) is 6.42 Å². The molecule has 0 fully saturated rings. The Kier molecular flexibility index (Phi) is 7.72. The van der Waals surface area contributed by atoms with Crippen molar-refractivity contribution in [3.8, 4) is 5.75 Å². The van der Waals surface area contributed by atoms with Crippen LogP contribution in [0.4, 0.5) is 0 Å². The van der Waals surface area contributed by atoms with Gasteiger partial charge in [0.2, 0.25) is 0 Å². The first-order valence-electron chi connectivity index (χ1n) is 5.28. The highest BCUT2D eigenvalue weighted by atomic mass is 79.9. The molecule has 16 heavy (non-hydrogen) atoms. The fourth-order valence-corrected chi connectivity index (χ4v) is 2.15. The molecule has 0 amide bonds. The van der Waals surface area contributed by atoms with Gasteiger partial charge in [0.25, 0.3) is 0 Å². The Hall–Kier alpha value is -0.190. The lowest BCUT2D eigenvalue weighted by Gasteiger charge is -2.05. The highest BCUT2D eigenvalue weighted by Crippen LogP contribution is 2.16. The predicted molar refractivity (Wildman–Crippen MR) is 73.5 cm³/mol. The molecule has 0 radical (unpaired) electrons. The molecule has 0 saturated carbocycles. The second kappa shape index (κ2) is 8.90. The minimum atomic E-state index is 0.763. The molecule has 0 unspecified atom stereocenters. The summed E-state index contributed by atoms with van der Waals surface area (Å²) >= 11 is 5.29. The molecule has 0 atom stereocenters. The Labute approximate surface area is 110 Å². The average molecular weight is 305 g/mol. The minimum Gasteiger partial charge on any atom is -0.493 e. The van der Waals surface area contributed by atoms with E-state index >= 15 is 0 Å². The van der Waals surface area contributed by atoms with Crippen LogP contribution in [0.15, 0.2) is 28.7 Å². The lowest BCUT2D eigenvalue weighted by molar-refractivity contribution is 0.200. The minimum absolute atomic E-state index is 0.763. The monoisotopic (exact) mass is 304 g/mol. The van der Waals surface area contributed by atoms with Crippen molar-refractivity contribution in [2.24, 2.45) is 0 Å². The van der Waals surface area contributed by atoms with Crippen molar-refractivity contribution in [3.05, 3.63) is 28.7 Å². The Morgan fingerprint density at radius 1 is 1.12 bits per heavy atom. The van der Waals surface area contributed by atoms with Crippen LogP contribution in [0.2, 0.25) is 0 Å². The SMILES string of the molecule is COCCCSCCOc1ccc(Br)cc1. The van der Waals surface area contributed by atoms with Crippen LogP contribution in [0.5, 0.6) is 5.75 Å². The van der Waals surface area contributed by atoms with Gasteiger partial charge in [-0.25, -0.2) is 0 Å². The summed E-state index contributed by atoms with van der Waals surface area (Å²) in [6.07, 6.45) is 1.11. The number of halogens is 1. The summed E-state index contributed by atoms with van der Waals surface area (Å²) in [6.45, 7) is 1.61. The Morgan fingerprint density at radius 3 is 2.56 bits per heavy atom. The first-order chi connectivity index (χ1) is 7.83. The third-order valence-electron chi connectivity index (χ3n) is 1.95. The fraction of sp³-hybridized carbons (Fsp3) is 0.500. The van der Waals surface area contributed by atoms with Crippen LogP contribution in [0, 0.1) is 0 Å². The number of ether oxygens (including phenoxy) is 2. The molecule has 0 spiro atoms. The van der Waals surface area contributed by atoms with Gasteiger partial charge in [0.05, 0.1) is 6.61 Å². The number of thioether (sulfide) groups is 1. The van der Waals surface area contributed by atoms with Gasteiger partial charge in [-0.1, -0.05) is 15.9 Å². The fourth-order valence-electron chi connectivity index (χ4n) is 1.16. The number of benzene rings is 1. The predicted octanol–water partition coefficient (Wildman–Crippen LogP) is 3.60. The highest BCUT2D eigenvalue weighted by Gasteiger charge is 1.94. The normalized spacial score (nSPS) is 10.4. The maximum atomic E-state index is 5.59. The van der Waals surface area contributed by atoms with Gasteiger partial charge >= 0.3 is 0 Å². The summed E-state index contributed by atoms with van der Waals surface area (Å²) in [6, 6.07) is 7.92. The summed E-state index contributed by atoms with van der Waals surface area (Å²) in [5, 5.41) is 0. The molecule has 0 aromatic heterocycles. The zero-order valence-electron chi connectivity index (χ0n) is 9.45. The molecule has 90 valence electrons. The van der Waals surface area contributed by atoms with Crippen molar-refractivity contribution in [3.63, 3.8) is 0 Å². The zero-order chi connectivity index (χ0) is 11.6. The zero-order valence-corrected chi connectivity index (χ0v) is 11.9. The second-order valence-electron chi connectivity index (χ2n) is 3.26. The average Bonchev–Trinajstić information content (AvgIpc) is 2.30. The number of hydrogen-bond donors (Lipinski definition) is 0. The molecule has 0 aliphatic rings. The van der Waals surface area contributed by atoms with Gasteiger partial charge in [0.15, 0.2) is 0 Å². The molecule has 1 aromatic carbocycles. The second-order valence-corrected chi connectivity index (χ2v) is 5.40. The van der Waals surface area contributed by atoms with Crippen LogP contribution >= 0.6 is 27.7 Å². The maximum Gasteiger partial charge on any atom is 0.119 e. The van der Waals surface area contributed by atoms with E-state index < -0.39 is 0 Å². The van der Waals surface area contributed by atoms with E-state index in [1.54, 1.807) is 7.11 Å². The number of rotatable bonds is 8. The van der Waals surface area contributed by atoms with Crippen LogP contribution in [-0.4, -0.2) is 31.8 Å². The Balaban J connectivity index is 2.01. The topological polar surface area (TPSA) is 18.5 Å². The summed E-state index contributed by atoms with van der Waals surface area (Å²) in [5.41, 5.74) is 0. The first-order valence-corrected chi connectivity index (χ1v) is 7.23. The van der Waals surface area contributed by atoms with E-state index in [1.807, 2.05) is 36.0 Å².